The van der Waals surface area contributed by atoms with Gasteiger partial charge in [-0.3, -0.25) is 9.11 Å². The summed E-state index contributed by atoms with van der Waals surface area (Å²) in [5.74, 6) is -0.902. The lowest BCUT2D eigenvalue weighted by atomic mass is 10.1. The first-order valence-corrected chi connectivity index (χ1v) is 9.14. The summed E-state index contributed by atoms with van der Waals surface area (Å²) < 4.78 is 63.3. The van der Waals surface area contributed by atoms with Crippen LogP contribution in [0.1, 0.15) is 29.7 Å². The Morgan fingerprint density at radius 1 is 1.12 bits per heavy atom. The fraction of sp³-hybridized carbons (Fsp3) is 0.333. The van der Waals surface area contributed by atoms with Gasteiger partial charge in [-0.2, -0.15) is 13.2 Å². The van der Waals surface area contributed by atoms with E-state index < -0.39 is 28.4 Å². The van der Waals surface area contributed by atoms with Crippen LogP contribution in [0.25, 0.3) is 0 Å². The van der Waals surface area contributed by atoms with Crippen molar-refractivity contribution in [3.63, 3.8) is 0 Å². The zero-order valence-electron chi connectivity index (χ0n) is 14.1. The van der Waals surface area contributed by atoms with Crippen LogP contribution in [0.3, 0.4) is 0 Å². The maximum atomic E-state index is 13.5. The fourth-order valence-electron chi connectivity index (χ4n) is 2.52. The first-order valence-electron chi connectivity index (χ1n) is 7.58. The van der Waals surface area contributed by atoms with E-state index in [1.807, 2.05) is 24.0 Å². The molecule has 0 bridgehead atoms. The smallest absolute Gasteiger partial charge is 0.295 e. The number of nitrogens with zero attached hydrogens (tertiary/aromatic N) is 1. The molecule has 0 heterocycles. The highest BCUT2D eigenvalue weighted by molar-refractivity contribution is 7.84. The van der Waals surface area contributed by atoms with Crippen molar-refractivity contribution in [3.05, 3.63) is 65.0 Å². The Hall–Kier alpha value is -1.73. The third-order valence-corrected chi connectivity index (χ3v) is 5.01. The Morgan fingerprint density at radius 2 is 1.72 bits per heavy atom. The van der Waals surface area contributed by atoms with Gasteiger partial charge in [-0.1, -0.05) is 12.1 Å². The van der Waals surface area contributed by atoms with Gasteiger partial charge in [-0.25, -0.2) is 4.39 Å². The summed E-state index contributed by atoms with van der Waals surface area (Å²) in [5.41, 5.74) is 0.204. The number of alkyl halides is 3. The second-order valence-electron chi connectivity index (χ2n) is 5.96. The van der Waals surface area contributed by atoms with Crippen LogP contribution in [0.15, 0.2) is 47.4 Å². The van der Waals surface area contributed by atoms with Gasteiger partial charge in [0.2, 0.25) is 0 Å². The lowest BCUT2D eigenvalue weighted by Crippen LogP contribution is -2.22. The highest BCUT2D eigenvalue weighted by Crippen LogP contribution is 2.31. The summed E-state index contributed by atoms with van der Waals surface area (Å²) in [7, 11) is 0.690. The Labute approximate surface area is 146 Å². The number of benzene rings is 2. The summed E-state index contributed by atoms with van der Waals surface area (Å²) in [5, 5.41) is 0. The molecule has 0 aromatic heterocycles. The molecule has 0 aliphatic heterocycles. The van der Waals surface area contributed by atoms with Gasteiger partial charge in [0.25, 0.3) is 0 Å². The SMILES string of the molecule is C[C@@H](c1ccc([S@@](C)=O)cc1)N(C)Cc1cc(F)cc(C(F)(F)F)c1. The number of rotatable bonds is 5. The third-order valence-electron chi connectivity index (χ3n) is 4.07. The van der Waals surface area contributed by atoms with Gasteiger partial charge < -0.3 is 0 Å². The molecule has 0 fully saturated rings. The fourth-order valence-corrected chi connectivity index (χ4v) is 3.04. The van der Waals surface area contributed by atoms with Crippen molar-refractivity contribution >= 4 is 10.8 Å². The van der Waals surface area contributed by atoms with E-state index in [1.54, 1.807) is 25.4 Å². The molecule has 0 aliphatic rings. The summed E-state index contributed by atoms with van der Waals surface area (Å²) in [6.07, 6.45) is -2.99. The van der Waals surface area contributed by atoms with Crippen molar-refractivity contribution in [3.8, 4) is 0 Å². The van der Waals surface area contributed by atoms with Crippen LogP contribution in [0.5, 0.6) is 0 Å². The lowest BCUT2D eigenvalue weighted by Gasteiger charge is -2.25. The molecule has 0 radical (unpaired) electrons. The molecular formula is C18H19F4NOS. The average molecular weight is 373 g/mol. The molecule has 2 aromatic carbocycles. The Kier molecular flexibility index (Phi) is 6.00. The second-order valence-corrected chi connectivity index (χ2v) is 7.34. The third kappa shape index (κ3) is 5.12. The van der Waals surface area contributed by atoms with Crippen LogP contribution in [-0.2, 0) is 23.5 Å². The van der Waals surface area contributed by atoms with E-state index in [0.29, 0.717) is 11.0 Å². The molecule has 7 heteroatoms. The second kappa shape index (κ2) is 7.66. The number of hydrogen-bond acceptors (Lipinski definition) is 2. The highest BCUT2D eigenvalue weighted by atomic mass is 32.2. The van der Waals surface area contributed by atoms with Crippen molar-refractivity contribution in [1.29, 1.82) is 0 Å². The van der Waals surface area contributed by atoms with E-state index in [4.69, 9.17) is 0 Å². The van der Waals surface area contributed by atoms with Gasteiger partial charge in [-0.15, -0.1) is 0 Å². The van der Waals surface area contributed by atoms with Crippen molar-refractivity contribution in [2.75, 3.05) is 13.3 Å². The minimum atomic E-state index is -4.58. The molecule has 2 aromatic rings. The first-order chi connectivity index (χ1) is 11.6. The maximum Gasteiger partial charge on any atom is 0.416 e. The van der Waals surface area contributed by atoms with Gasteiger partial charge >= 0.3 is 6.18 Å². The minimum absolute atomic E-state index is 0.100. The van der Waals surface area contributed by atoms with Crippen molar-refractivity contribution in [1.82, 2.24) is 4.90 Å². The maximum absolute atomic E-state index is 13.5. The largest absolute Gasteiger partial charge is 0.416 e. The van der Waals surface area contributed by atoms with E-state index in [9.17, 15) is 21.8 Å². The van der Waals surface area contributed by atoms with Crippen molar-refractivity contribution < 1.29 is 21.8 Å². The Morgan fingerprint density at radius 3 is 2.24 bits per heavy atom. The summed E-state index contributed by atoms with van der Waals surface area (Å²) in [6.45, 7) is 2.07. The topological polar surface area (TPSA) is 20.3 Å². The van der Waals surface area contributed by atoms with Gasteiger partial charge in [0.15, 0.2) is 0 Å². The molecule has 0 N–H and O–H groups in total. The molecule has 0 spiro atoms. The Bertz CT molecular complexity index is 759. The van der Waals surface area contributed by atoms with E-state index in [1.165, 1.54) is 0 Å². The molecule has 0 aliphatic carbocycles. The van der Waals surface area contributed by atoms with Crippen LogP contribution in [0.4, 0.5) is 17.6 Å². The van der Waals surface area contributed by atoms with E-state index in [-0.39, 0.29) is 18.2 Å². The quantitative estimate of drug-likeness (QED) is 0.704. The molecule has 0 unspecified atom stereocenters. The zero-order valence-corrected chi connectivity index (χ0v) is 14.9. The molecule has 2 rings (SSSR count). The predicted molar refractivity (Wildman–Crippen MR) is 90.1 cm³/mol. The molecule has 25 heavy (non-hydrogen) atoms. The molecule has 0 amide bonds. The number of halogens is 4. The molecular weight excluding hydrogens is 354 g/mol. The van der Waals surface area contributed by atoms with E-state index in [2.05, 4.69) is 0 Å². The molecule has 2 nitrogen and oxygen atoms in total. The highest BCUT2D eigenvalue weighted by Gasteiger charge is 2.31. The van der Waals surface area contributed by atoms with Crippen LogP contribution in [0, 0.1) is 5.82 Å². The number of hydrogen-bond donors (Lipinski definition) is 0. The van der Waals surface area contributed by atoms with Crippen LogP contribution in [-0.4, -0.2) is 22.4 Å². The Balaban J connectivity index is 2.17. The molecule has 136 valence electrons. The van der Waals surface area contributed by atoms with E-state index in [0.717, 1.165) is 17.7 Å². The van der Waals surface area contributed by atoms with Crippen LogP contribution in [0.2, 0.25) is 0 Å². The van der Waals surface area contributed by atoms with Gasteiger partial charge in [-0.05, 0) is 55.4 Å². The van der Waals surface area contributed by atoms with Gasteiger partial charge in [0.05, 0.1) is 5.56 Å². The standard InChI is InChI=1S/C18H19F4NOS/c1-12(14-4-6-17(7-5-14)25(3)24)23(2)11-13-8-15(18(20,21)22)10-16(19)9-13/h4-10,12H,11H2,1-3H3/t12-,25+/m0/s1. The molecule has 2 atom stereocenters. The average Bonchev–Trinajstić information content (AvgIpc) is 2.52. The van der Waals surface area contributed by atoms with Gasteiger partial charge in [0, 0.05) is 34.5 Å². The first kappa shape index (κ1) is 19.6. The predicted octanol–water partition coefficient (Wildman–Crippen LogP) is 4.77. The zero-order chi connectivity index (χ0) is 18.8. The minimum Gasteiger partial charge on any atom is -0.295 e. The van der Waals surface area contributed by atoms with Crippen LogP contribution >= 0.6 is 0 Å². The summed E-state index contributed by atoms with van der Waals surface area (Å²) in [6, 6.07) is 9.68. The summed E-state index contributed by atoms with van der Waals surface area (Å²) >= 11 is 0. The van der Waals surface area contributed by atoms with Crippen LogP contribution < -0.4 is 0 Å². The normalized spacial score (nSPS) is 14.6. The van der Waals surface area contributed by atoms with Crippen molar-refractivity contribution in [2.24, 2.45) is 0 Å². The monoisotopic (exact) mass is 373 g/mol. The lowest BCUT2D eigenvalue weighted by molar-refractivity contribution is -0.137. The molecule has 0 saturated heterocycles. The molecule has 0 saturated carbocycles. The summed E-state index contributed by atoms with van der Waals surface area (Å²) in [4.78, 5) is 2.53. The van der Waals surface area contributed by atoms with Gasteiger partial charge in [0.1, 0.15) is 5.82 Å². The van der Waals surface area contributed by atoms with Crippen molar-refractivity contribution in [2.45, 2.75) is 30.6 Å². The van der Waals surface area contributed by atoms with E-state index >= 15 is 0 Å².